The van der Waals surface area contributed by atoms with Gasteiger partial charge in [-0.15, -0.1) is 0 Å². The molecule has 0 atom stereocenters. The molecule has 0 amide bonds. The van der Waals surface area contributed by atoms with Crippen LogP contribution in [0.25, 0.3) is 5.57 Å². The number of allylic oxidation sites excluding steroid dienone is 6. The Morgan fingerprint density at radius 1 is 1.10 bits per heavy atom. The van der Waals surface area contributed by atoms with Crippen LogP contribution in [0.1, 0.15) is 40.9 Å². The van der Waals surface area contributed by atoms with Gasteiger partial charge in [-0.2, -0.15) is 5.26 Å². The molecule has 0 unspecified atom stereocenters. The summed E-state index contributed by atoms with van der Waals surface area (Å²) in [6, 6.07) is 11.2. The second kappa shape index (κ2) is 9.99. The average Bonchev–Trinajstić information content (AvgIpc) is 2.70. The van der Waals surface area contributed by atoms with Gasteiger partial charge in [0.05, 0.1) is 16.7 Å². The van der Waals surface area contributed by atoms with Crippen molar-refractivity contribution in [1.29, 1.82) is 5.26 Å². The number of halogens is 1. The van der Waals surface area contributed by atoms with Crippen molar-refractivity contribution in [2.24, 2.45) is 0 Å². The number of rotatable bonds is 4. The van der Waals surface area contributed by atoms with Crippen molar-refractivity contribution in [1.82, 2.24) is 0 Å². The van der Waals surface area contributed by atoms with Crippen LogP contribution in [0.2, 0.25) is 5.02 Å². The third kappa shape index (κ3) is 5.87. The van der Waals surface area contributed by atoms with Crippen LogP contribution in [0.5, 0.6) is 5.75 Å². The predicted molar refractivity (Wildman–Crippen MR) is 115 cm³/mol. The zero-order chi connectivity index (χ0) is 21.4. The maximum atomic E-state index is 11.4. The Balaban J connectivity index is 2.66. The summed E-state index contributed by atoms with van der Waals surface area (Å²) in [5.74, 6) is 4.99. The van der Waals surface area contributed by atoms with E-state index in [0.717, 1.165) is 0 Å². The highest BCUT2D eigenvalue weighted by Crippen LogP contribution is 2.24. The van der Waals surface area contributed by atoms with Crippen molar-refractivity contribution in [3.63, 3.8) is 0 Å². The number of nitrogens with zero attached hydrogens (tertiary/aromatic N) is 1. The topological polar surface area (TPSA) is 81.3 Å². The van der Waals surface area contributed by atoms with E-state index < -0.39 is 5.97 Å². The molecule has 0 aromatic heterocycles. The lowest BCUT2D eigenvalue weighted by atomic mass is 9.96. The van der Waals surface area contributed by atoms with Crippen LogP contribution >= 0.6 is 11.6 Å². The Hall–Kier alpha value is -3.73. The maximum Gasteiger partial charge on any atom is 0.335 e. The van der Waals surface area contributed by atoms with Gasteiger partial charge in [0.2, 0.25) is 0 Å². The van der Waals surface area contributed by atoms with E-state index in [9.17, 15) is 15.0 Å². The van der Waals surface area contributed by atoms with Gasteiger partial charge in [-0.3, -0.25) is 0 Å². The third-order valence-corrected chi connectivity index (χ3v) is 4.21. The molecule has 29 heavy (non-hydrogen) atoms. The monoisotopic (exact) mass is 403 g/mol. The second-order valence-electron chi connectivity index (χ2n) is 6.06. The van der Waals surface area contributed by atoms with E-state index >= 15 is 0 Å². The first-order valence-corrected chi connectivity index (χ1v) is 9.03. The first-order valence-electron chi connectivity index (χ1n) is 8.65. The lowest BCUT2D eigenvalue weighted by Crippen LogP contribution is -1.99. The fraction of sp³-hybridized carbons (Fsp3) is 0.0833. The highest BCUT2D eigenvalue weighted by molar-refractivity contribution is 6.31. The van der Waals surface area contributed by atoms with E-state index in [2.05, 4.69) is 17.9 Å². The number of carboxylic acid groups (broad SMARTS) is 1. The van der Waals surface area contributed by atoms with Gasteiger partial charge in [0, 0.05) is 16.7 Å². The molecule has 0 spiro atoms. The van der Waals surface area contributed by atoms with Crippen LogP contribution < -0.4 is 0 Å². The van der Waals surface area contributed by atoms with Gasteiger partial charge < -0.3 is 10.2 Å². The Morgan fingerprint density at radius 3 is 2.41 bits per heavy atom. The van der Waals surface area contributed by atoms with E-state index in [1.54, 1.807) is 37.3 Å². The van der Waals surface area contributed by atoms with Crippen LogP contribution in [-0.2, 0) is 0 Å². The zero-order valence-corrected chi connectivity index (χ0v) is 16.7. The highest BCUT2D eigenvalue weighted by Gasteiger charge is 2.10. The molecule has 2 aromatic rings. The van der Waals surface area contributed by atoms with Gasteiger partial charge >= 0.3 is 5.97 Å². The molecule has 0 heterocycles. The molecule has 2 rings (SSSR count). The number of carboxylic acids is 1. The fourth-order valence-corrected chi connectivity index (χ4v) is 2.65. The average molecular weight is 404 g/mol. The summed E-state index contributed by atoms with van der Waals surface area (Å²) in [6.45, 7) is 3.53. The van der Waals surface area contributed by atoms with E-state index in [1.807, 2.05) is 19.1 Å². The number of phenols is 1. The Labute approximate surface area is 174 Å². The summed E-state index contributed by atoms with van der Waals surface area (Å²) in [5.41, 5.74) is 3.12. The molecule has 2 aromatic carbocycles. The summed E-state index contributed by atoms with van der Waals surface area (Å²) in [6.07, 6.45) is 7.05. The van der Waals surface area contributed by atoms with Crippen molar-refractivity contribution in [3.05, 3.63) is 93.6 Å². The normalized spacial score (nSPS) is 11.7. The molecule has 0 aliphatic carbocycles. The number of hydrogen-bond acceptors (Lipinski definition) is 3. The van der Waals surface area contributed by atoms with Crippen LogP contribution in [0, 0.1) is 23.2 Å². The summed E-state index contributed by atoms with van der Waals surface area (Å²) >= 11 is 6.11. The molecule has 144 valence electrons. The molecule has 0 fully saturated rings. The summed E-state index contributed by atoms with van der Waals surface area (Å²) in [7, 11) is 0. The van der Waals surface area contributed by atoms with Crippen molar-refractivity contribution in [2.45, 2.75) is 13.8 Å². The first-order chi connectivity index (χ1) is 13.8. The molecule has 0 saturated carbocycles. The number of aromatic carboxylic acids is 1. The van der Waals surface area contributed by atoms with Crippen molar-refractivity contribution < 1.29 is 15.0 Å². The molecule has 0 bridgehead atoms. The molecular weight excluding hydrogens is 386 g/mol. The molecular formula is C24H18ClNO3. The lowest BCUT2D eigenvalue weighted by Gasteiger charge is -2.08. The molecule has 2 N–H and O–H groups in total. The van der Waals surface area contributed by atoms with Crippen molar-refractivity contribution in [3.8, 4) is 23.7 Å². The van der Waals surface area contributed by atoms with Gasteiger partial charge in [0.1, 0.15) is 5.75 Å². The minimum atomic E-state index is -1.05. The van der Waals surface area contributed by atoms with E-state index in [-0.39, 0.29) is 11.3 Å². The number of aromatic hydroxyl groups is 1. The van der Waals surface area contributed by atoms with Gasteiger partial charge in [-0.1, -0.05) is 41.7 Å². The summed E-state index contributed by atoms with van der Waals surface area (Å²) < 4.78 is 0. The Kier molecular flexibility index (Phi) is 7.43. The third-order valence-electron chi connectivity index (χ3n) is 3.90. The maximum absolute atomic E-state index is 11.4. The number of phenolic OH excluding ortho intramolecular Hbond substituents is 1. The van der Waals surface area contributed by atoms with Gasteiger partial charge in [-0.05, 0) is 67.5 Å². The van der Waals surface area contributed by atoms with Gasteiger partial charge in [-0.25, -0.2) is 4.79 Å². The van der Waals surface area contributed by atoms with Crippen LogP contribution in [0.15, 0.2) is 66.3 Å². The fourth-order valence-electron chi connectivity index (χ4n) is 2.43. The number of benzene rings is 2. The number of nitriles is 1. The Morgan fingerprint density at radius 2 is 1.79 bits per heavy atom. The summed E-state index contributed by atoms with van der Waals surface area (Å²) in [4.78, 5) is 11.4. The van der Waals surface area contributed by atoms with E-state index in [0.29, 0.717) is 32.9 Å². The van der Waals surface area contributed by atoms with E-state index in [4.69, 9.17) is 16.9 Å². The van der Waals surface area contributed by atoms with Crippen LogP contribution in [0.4, 0.5) is 0 Å². The molecule has 0 aliphatic rings. The molecule has 0 saturated heterocycles. The van der Waals surface area contributed by atoms with Crippen LogP contribution in [-0.4, -0.2) is 16.2 Å². The van der Waals surface area contributed by atoms with Gasteiger partial charge in [0.25, 0.3) is 0 Å². The minimum absolute atomic E-state index is 0.0463. The SMILES string of the molecule is C\C=C/C(=C\C=C(/C)C#N)c1cc(C(=O)O)ccc1C#Cc1ccc(O)cc1Cl. The molecule has 0 aliphatic heterocycles. The standard InChI is InChI=1S/C24H18ClNO3/c1-3-4-17(6-5-16(2)15-26)22-13-20(24(28)29)10-8-18(22)7-9-19-11-12-21(27)14-23(19)25/h3-6,8,10-14,27H,1-2H3,(H,28,29)/b4-3-,16-5+,17-6+. The molecule has 5 heteroatoms. The molecule has 4 nitrogen and oxygen atoms in total. The van der Waals surface area contributed by atoms with E-state index in [1.165, 1.54) is 18.2 Å². The smallest absolute Gasteiger partial charge is 0.335 e. The lowest BCUT2D eigenvalue weighted by molar-refractivity contribution is 0.0697. The second-order valence-corrected chi connectivity index (χ2v) is 6.47. The zero-order valence-electron chi connectivity index (χ0n) is 15.9. The highest BCUT2D eigenvalue weighted by atomic mass is 35.5. The van der Waals surface area contributed by atoms with Crippen LogP contribution in [0.3, 0.4) is 0 Å². The van der Waals surface area contributed by atoms with Crippen molar-refractivity contribution >= 4 is 23.1 Å². The first kappa shape index (κ1) is 21.6. The predicted octanol–water partition coefficient (Wildman–Crippen LogP) is 5.57. The van der Waals surface area contributed by atoms with Crippen molar-refractivity contribution in [2.75, 3.05) is 0 Å². The Bertz CT molecular complexity index is 1140. The quantitative estimate of drug-likeness (QED) is 0.397. The number of carbonyl (C=O) groups is 1. The molecule has 0 radical (unpaired) electrons. The van der Waals surface area contributed by atoms with Gasteiger partial charge in [0.15, 0.2) is 0 Å². The summed E-state index contributed by atoms with van der Waals surface area (Å²) in [5, 5.41) is 28.1. The number of hydrogen-bond donors (Lipinski definition) is 2. The minimum Gasteiger partial charge on any atom is -0.508 e. The largest absolute Gasteiger partial charge is 0.508 e.